The maximum absolute atomic E-state index is 14.2. The number of nitrogens with zero attached hydrogens (tertiary/aromatic N) is 2. The lowest BCUT2D eigenvalue weighted by molar-refractivity contribution is 0.356. The van der Waals surface area contributed by atoms with Crippen LogP contribution in [0.25, 0.3) is 22.5 Å². The summed E-state index contributed by atoms with van der Waals surface area (Å²) in [4.78, 5) is 4.46. The molecular weight excluding hydrogens is 408 g/mol. The molecule has 2 N–H and O–H groups in total. The van der Waals surface area contributed by atoms with Crippen molar-refractivity contribution in [3.8, 4) is 39.8 Å². The van der Waals surface area contributed by atoms with Gasteiger partial charge in [-0.1, -0.05) is 0 Å². The van der Waals surface area contributed by atoms with Crippen molar-refractivity contribution in [1.82, 2.24) is 9.55 Å². The minimum absolute atomic E-state index is 0. The summed E-state index contributed by atoms with van der Waals surface area (Å²) < 4.78 is 31.6. The quantitative estimate of drug-likeness (QED) is 0.610. The van der Waals surface area contributed by atoms with Crippen molar-refractivity contribution in [3.63, 3.8) is 0 Å². The van der Waals surface area contributed by atoms with Gasteiger partial charge in [-0.05, 0) is 30.3 Å². The first-order chi connectivity index (χ1) is 12.5. The summed E-state index contributed by atoms with van der Waals surface area (Å²) in [7, 11) is 6.34. The highest BCUT2D eigenvalue weighted by molar-refractivity contribution is 5.85. The number of nitrogens with two attached hydrogens (primary N) is 1. The van der Waals surface area contributed by atoms with E-state index in [4.69, 9.17) is 19.9 Å². The average Bonchev–Trinajstić information content (AvgIpc) is 3.02. The van der Waals surface area contributed by atoms with Crippen LogP contribution >= 0.6 is 24.8 Å². The molecule has 3 rings (SSSR count). The van der Waals surface area contributed by atoms with Crippen molar-refractivity contribution in [2.24, 2.45) is 7.05 Å². The van der Waals surface area contributed by atoms with E-state index in [0.717, 1.165) is 11.3 Å². The summed E-state index contributed by atoms with van der Waals surface area (Å²) in [6.07, 6.45) is 1.67. The summed E-state index contributed by atoms with van der Waals surface area (Å²) >= 11 is 0. The molecule has 0 bridgehead atoms. The van der Waals surface area contributed by atoms with Crippen LogP contribution in [0.3, 0.4) is 0 Å². The van der Waals surface area contributed by atoms with Crippen LogP contribution in [-0.2, 0) is 7.05 Å². The highest BCUT2D eigenvalue weighted by Crippen LogP contribution is 2.40. The Hall–Kier alpha value is -2.64. The minimum atomic E-state index is -0.441. The van der Waals surface area contributed by atoms with Crippen LogP contribution in [0.2, 0.25) is 0 Å². The molecule has 0 aliphatic heterocycles. The third kappa shape index (κ3) is 4.10. The van der Waals surface area contributed by atoms with Crippen molar-refractivity contribution in [3.05, 3.63) is 42.5 Å². The van der Waals surface area contributed by atoms with E-state index in [-0.39, 0.29) is 30.6 Å². The van der Waals surface area contributed by atoms with Gasteiger partial charge in [-0.2, -0.15) is 0 Å². The zero-order chi connectivity index (χ0) is 18.8. The van der Waals surface area contributed by atoms with Gasteiger partial charge in [0.05, 0.1) is 44.7 Å². The molecule has 0 aliphatic rings. The smallest absolute Gasteiger partial charge is 0.183 e. The summed E-state index contributed by atoms with van der Waals surface area (Å²) in [5.74, 6) is 0.709. The SMILES string of the molecule is COc1ccc(-c2c(-c3cc(N)c(OC)c(OC)c3)ncn2C)cc1F.Cl.Cl. The van der Waals surface area contributed by atoms with Crippen LogP contribution in [0, 0.1) is 5.82 Å². The molecule has 0 radical (unpaired) electrons. The van der Waals surface area contributed by atoms with Gasteiger partial charge in [0.1, 0.15) is 0 Å². The zero-order valence-electron chi connectivity index (χ0n) is 15.9. The van der Waals surface area contributed by atoms with E-state index in [2.05, 4.69) is 4.98 Å². The average molecular weight is 430 g/mol. The number of ether oxygens (including phenoxy) is 3. The maximum Gasteiger partial charge on any atom is 0.183 e. The van der Waals surface area contributed by atoms with Gasteiger partial charge in [-0.15, -0.1) is 24.8 Å². The van der Waals surface area contributed by atoms with E-state index in [9.17, 15) is 4.39 Å². The van der Waals surface area contributed by atoms with E-state index in [0.29, 0.717) is 28.4 Å². The standard InChI is InChI=1S/C19H20FN3O3.2ClH/c1-23-10-22-17(12-8-14(21)19(26-4)16(9-12)25-3)18(23)11-5-6-15(24-2)13(20)7-11;;/h5-10H,21H2,1-4H3;2*1H. The lowest BCUT2D eigenvalue weighted by Gasteiger charge is -2.13. The second-order valence-electron chi connectivity index (χ2n) is 5.70. The Morgan fingerprint density at radius 3 is 2.18 bits per heavy atom. The van der Waals surface area contributed by atoms with Gasteiger partial charge < -0.3 is 24.5 Å². The van der Waals surface area contributed by atoms with Gasteiger partial charge in [0.25, 0.3) is 0 Å². The van der Waals surface area contributed by atoms with Gasteiger partial charge in [0.2, 0.25) is 0 Å². The molecule has 0 unspecified atom stereocenters. The molecular formula is C19H22Cl2FN3O3. The molecule has 0 aliphatic carbocycles. The normalized spacial score (nSPS) is 9.89. The number of hydrogen-bond donors (Lipinski definition) is 1. The molecule has 9 heteroatoms. The Bertz CT molecular complexity index is 964. The zero-order valence-corrected chi connectivity index (χ0v) is 17.5. The Morgan fingerprint density at radius 1 is 0.929 bits per heavy atom. The van der Waals surface area contributed by atoms with Crippen LogP contribution in [0.1, 0.15) is 0 Å². The van der Waals surface area contributed by atoms with Crippen molar-refractivity contribution in [2.75, 3.05) is 27.1 Å². The first-order valence-corrected chi connectivity index (χ1v) is 7.87. The molecule has 0 atom stereocenters. The van der Waals surface area contributed by atoms with E-state index in [1.807, 2.05) is 11.6 Å². The number of hydrogen-bond acceptors (Lipinski definition) is 5. The van der Waals surface area contributed by atoms with Crippen LogP contribution in [0.15, 0.2) is 36.7 Å². The van der Waals surface area contributed by atoms with Gasteiger partial charge in [-0.3, -0.25) is 0 Å². The molecule has 2 aromatic carbocycles. The summed E-state index contributed by atoms with van der Waals surface area (Å²) in [5.41, 5.74) is 9.34. The second kappa shape index (κ2) is 9.52. The minimum Gasteiger partial charge on any atom is -0.494 e. The summed E-state index contributed by atoms with van der Waals surface area (Å²) in [6.45, 7) is 0. The molecule has 1 aromatic heterocycles. The van der Waals surface area contributed by atoms with Crippen molar-refractivity contribution in [2.45, 2.75) is 0 Å². The fourth-order valence-corrected chi connectivity index (χ4v) is 2.93. The predicted octanol–water partition coefficient (Wildman–Crippen LogP) is 4.34. The monoisotopic (exact) mass is 429 g/mol. The first-order valence-electron chi connectivity index (χ1n) is 7.87. The van der Waals surface area contributed by atoms with E-state index >= 15 is 0 Å². The molecule has 0 fully saturated rings. The van der Waals surface area contributed by atoms with Crippen LogP contribution in [-0.4, -0.2) is 30.9 Å². The first kappa shape index (κ1) is 23.4. The molecule has 0 saturated carbocycles. The van der Waals surface area contributed by atoms with Gasteiger partial charge >= 0.3 is 0 Å². The lowest BCUT2D eigenvalue weighted by Crippen LogP contribution is -1.98. The molecule has 3 aromatic rings. The van der Waals surface area contributed by atoms with Crippen LogP contribution in [0.4, 0.5) is 10.1 Å². The highest BCUT2D eigenvalue weighted by atomic mass is 35.5. The van der Waals surface area contributed by atoms with Crippen LogP contribution in [0.5, 0.6) is 17.2 Å². The number of halogens is 3. The fourth-order valence-electron chi connectivity index (χ4n) is 2.93. The number of methoxy groups -OCH3 is 3. The topological polar surface area (TPSA) is 71.5 Å². The van der Waals surface area contributed by atoms with Crippen LogP contribution < -0.4 is 19.9 Å². The lowest BCUT2D eigenvalue weighted by atomic mass is 10.0. The molecule has 1 heterocycles. The number of anilines is 1. The number of benzene rings is 2. The number of nitrogen functional groups attached to an aromatic ring is 1. The van der Waals surface area contributed by atoms with E-state index in [1.165, 1.54) is 20.3 Å². The molecule has 0 spiro atoms. The second-order valence-corrected chi connectivity index (χ2v) is 5.70. The van der Waals surface area contributed by atoms with E-state index in [1.54, 1.807) is 37.7 Å². The predicted molar refractivity (Wildman–Crippen MR) is 113 cm³/mol. The molecule has 0 amide bonds. The number of aromatic nitrogens is 2. The molecule has 152 valence electrons. The Balaban J connectivity index is 0.00000196. The summed E-state index contributed by atoms with van der Waals surface area (Å²) in [6, 6.07) is 8.34. The van der Waals surface area contributed by atoms with E-state index < -0.39 is 5.82 Å². The Morgan fingerprint density at radius 2 is 1.61 bits per heavy atom. The van der Waals surface area contributed by atoms with Gasteiger partial charge in [-0.25, -0.2) is 9.37 Å². The number of imidazole rings is 1. The highest BCUT2D eigenvalue weighted by Gasteiger charge is 2.18. The molecule has 0 saturated heterocycles. The van der Waals surface area contributed by atoms with Gasteiger partial charge in [0.15, 0.2) is 23.1 Å². The third-order valence-electron chi connectivity index (χ3n) is 4.14. The maximum atomic E-state index is 14.2. The van der Waals surface area contributed by atoms with Crippen molar-refractivity contribution in [1.29, 1.82) is 0 Å². The Kier molecular flexibility index (Phi) is 7.96. The number of aryl methyl sites for hydroxylation is 1. The molecule has 28 heavy (non-hydrogen) atoms. The third-order valence-corrected chi connectivity index (χ3v) is 4.14. The summed E-state index contributed by atoms with van der Waals surface area (Å²) in [5, 5.41) is 0. The van der Waals surface area contributed by atoms with Crippen molar-refractivity contribution < 1.29 is 18.6 Å². The fraction of sp³-hybridized carbons (Fsp3) is 0.211. The van der Waals surface area contributed by atoms with Crippen molar-refractivity contribution >= 4 is 30.5 Å². The molecule has 6 nitrogen and oxygen atoms in total. The Labute approximate surface area is 175 Å². The van der Waals surface area contributed by atoms with Gasteiger partial charge in [0, 0.05) is 18.2 Å². The largest absolute Gasteiger partial charge is 0.494 e. The number of rotatable bonds is 5.